The van der Waals surface area contributed by atoms with E-state index in [0.717, 1.165) is 11.0 Å². The predicted molar refractivity (Wildman–Crippen MR) is 33.7 cm³/mol. The molecule has 12 heavy (non-hydrogen) atoms. The lowest BCUT2D eigenvalue weighted by atomic mass is 11.1. The fraction of sp³-hybridized carbons (Fsp3) is 0.333. The van der Waals surface area contributed by atoms with Gasteiger partial charge in [-0.15, -0.1) is 4.68 Å². The molecule has 0 bridgehead atoms. The van der Waals surface area contributed by atoms with Crippen LogP contribution in [-0.4, -0.2) is 24.6 Å². The molecule has 0 fully saturated rings. The maximum absolute atomic E-state index is 10.00. The van der Waals surface area contributed by atoms with Gasteiger partial charge >= 0.3 is 12.6 Å². The van der Waals surface area contributed by atoms with Gasteiger partial charge in [-0.2, -0.15) is 0 Å². The van der Waals surface area contributed by atoms with Crippen LogP contribution in [0.1, 0.15) is 0 Å². The summed E-state index contributed by atoms with van der Waals surface area (Å²) in [6.45, 7) is -0.624. The molecule has 1 aromatic rings. The van der Waals surface area contributed by atoms with Crippen LogP contribution >= 0.6 is 0 Å². The minimum Gasteiger partial charge on any atom is -0.390 e. The molecule has 64 valence electrons. The molecular formula is C3H3N5O4. The normalized spacial score (nSPS) is 9.67. The van der Waals surface area contributed by atoms with Crippen molar-refractivity contribution in [2.75, 3.05) is 0 Å². The molecule has 9 heteroatoms. The Labute approximate surface area is 64.9 Å². The van der Waals surface area contributed by atoms with Crippen molar-refractivity contribution in [1.82, 2.24) is 14.8 Å². The van der Waals surface area contributed by atoms with E-state index in [1.54, 1.807) is 0 Å². The quantitative estimate of drug-likeness (QED) is 0.445. The number of hydrogen-bond donors (Lipinski definition) is 0. The van der Waals surface area contributed by atoms with E-state index in [-0.39, 0.29) is 0 Å². The van der Waals surface area contributed by atoms with Crippen molar-refractivity contribution in [3.8, 4) is 0 Å². The number of nitro groups is 2. The molecule has 0 aliphatic heterocycles. The first-order chi connectivity index (χ1) is 5.59. The zero-order valence-corrected chi connectivity index (χ0v) is 5.65. The first-order valence-corrected chi connectivity index (χ1v) is 2.75. The highest BCUT2D eigenvalue weighted by atomic mass is 16.6. The lowest BCUT2D eigenvalue weighted by Crippen LogP contribution is -2.08. The standard InChI is InChI=1S/C3H3N5O4/c9-7(10)2-6-1-4-3(5-6)8(11)12/h1H,2H2. The highest BCUT2D eigenvalue weighted by molar-refractivity contribution is 4.96. The van der Waals surface area contributed by atoms with Gasteiger partial charge in [-0.05, 0) is 4.92 Å². The van der Waals surface area contributed by atoms with Gasteiger partial charge in [-0.25, -0.2) is 0 Å². The molecule has 0 saturated heterocycles. The summed E-state index contributed by atoms with van der Waals surface area (Å²) in [4.78, 5) is 21.6. The monoisotopic (exact) mass is 173 g/mol. The van der Waals surface area contributed by atoms with Gasteiger partial charge in [0.2, 0.25) is 6.33 Å². The fourth-order valence-electron chi connectivity index (χ4n) is 0.555. The average molecular weight is 173 g/mol. The Morgan fingerprint density at radius 1 is 1.50 bits per heavy atom. The second kappa shape index (κ2) is 2.90. The predicted octanol–water partition coefficient (Wildman–Crippen LogP) is -0.580. The van der Waals surface area contributed by atoms with Crippen molar-refractivity contribution in [2.45, 2.75) is 6.67 Å². The third-order valence-electron chi connectivity index (χ3n) is 0.948. The van der Waals surface area contributed by atoms with E-state index in [0.29, 0.717) is 0 Å². The van der Waals surface area contributed by atoms with E-state index >= 15 is 0 Å². The van der Waals surface area contributed by atoms with Gasteiger partial charge in [-0.1, -0.05) is 4.98 Å². The van der Waals surface area contributed by atoms with Crippen LogP contribution < -0.4 is 0 Å². The van der Waals surface area contributed by atoms with E-state index in [9.17, 15) is 20.2 Å². The van der Waals surface area contributed by atoms with Gasteiger partial charge in [0.25, 0.3) is 0 Å². The van der Waals surface area contributed by atoms with Crippen LogP contribution in [0.2, 0.25) is 0 Å². The van der Waals surface area contributed by atoms with Crippen LogP contribution in [0.3, 0.4) is 0 Å². The van der Waals surface area contributed by atoms with Gasteiger partial charge in [0.15, 0.2) is 0 Å². The first kappa shape index (κ1) is 8.04. The van der Waals surface area contributed by atoms with E-state index in [1.807, 2.05) is 0 Å². The molecule has 1 rings (SSSR count). The number of hydrogen-bond acceptors (Lipinski definition) is 6. The minimum atomic E-state index is -0.823. The summed E-state index contributed by atoms with van der Waals surface area (Å²) in [7, 11) is 0. The molecule has 1 heterocycles. The van der Waals surface area contributed by atoms with E-state index < -0.39 is 22.5 Å². The topological polar surface area (TPSA) is 117 Å². The summed E-state index contributed by atoms with van der Waals surface area (Å²) in [5.74, 6) is -0.642. The van der Waals surface area contributed by atoms with Crippen molar-refractivity contribution >= 4 is 5.95 Å². The SMILES string of the molecule is O=[N+]([O-])Cn1cnc([N+](=O)[O-])n1. The zero-order chi connectivity index (χ0) is 9.14. The van der Waals surface area contributed by atoms with Gasteiger partial charge in [0.1, 0.15) is 0 Å². The van der Waals surface area contributed by atoms with Gasteiger partial charge < -0.3 is 10.1 Å². The molecule has 0 spiro atoms. The highest BCUT2D eigenvalue weighted by Gasteiger charge is 2.15. The van der Waals surface area contributed by atoms with Crippen molar-refractivity contribution < 1.29 is 9.85 Å². The second-order valence-corrected chi connectivity index (χ2v) is 1.82. The van der Waals surface area contributed by atoms with Crippen LogP contribution in [0.25, 0.3) is 0 Å². The Hall–Kier alpha value is -2.06. The maximum atomic E-state index is 10.00. The van der Waals surface area contributed by atoms with E-state index in [4.69, 9.17) is 0 Å². The summed E-state index contributed by atoms with van der Waals surface area (Å²) < 4.78 is 0.776. The first-order valence-electron chi connectivity index (χ1n) is 2.75. The lowest BCUT2D eigenvalue weighted by molar-refractivity contribution is -0.516. The van der Waals surface area contributed by atoms with Gasteiger partial charge in [0, 0.05) is 10.0 Å². The molecule has 0 unspecified atom stereocenters. The largest absolute Gasteiger partial charge is 0.491 e. The van der Waals surface area contributed by atoms with E-state index in [2.05, 4.69) is 10.1 Å². The van der Waals surface area contributed by atoms with Crippen molar-refractivity contribution in [2.24, 2.45) is 0 Å². The number of nitrogens with zero attached hydrogens (tertiary/aromatic N) is 5. The van der Waals surface area contributed by atoms with Crippen molar-refractivity contribution in [3.63, 3.8) is 0 Å². The Balaban J connectivity index is 2.77. The molecular weight excluding hydrogens is 170 g/mol. The molecule has 0 amide bonds. The number of aromatic nitrogens is 3. The second-order valence-electron chi connectivity index (χ2n) is 1.82. The third-order valence-corrected chi connectivity index (χ3v) is 0.948. The molecule has 9 nitrogen and oxygen atoms in total. The molecule has 0 aliphatic rings. The summed E-state index contributed by atoms with van der Waals surface area (Å²) in [5.41, 5.74) is 0. The Kier molecular flexibility index (Phi) is 1.94. The van der Waals surface area contributed by atoms with Crippen LogP contribution in [0, 0.1) is 20.2 Å². The Bertz CT molecular complexity index is 318. The van der Waals surface area contributed by atoms with Crippen LogP contribution in [0.5, 0.6) is 0 Å². The molecule has 0 saturated carbocycles. The molecule has 0 atom stereocenters. The average Bonchev–Trinajstić information content (AvgIpc) is 2.34. The smallest absolute Gasteiger partial charge is 0.390 e. The molecule has 0 aliphatic carbocycles. The van der Waals surface area contributed by atoms with Crippen LogP contribution in [-0.2, 0) is 6.67 Å². The lowest BCUT2D eigenvalue weighted by Gasteiger charge is -1.85. The molecule has 1 aromatic heterocycles. The zero-order valence-electron chi connectivity index (χ0n) is 5.65. The molecule has 0 aromatic carbocycles. The Morgan fingerprint density at radius 2 is 2.17 bits per heavy atom. The minimum absolute atomic E-state index is 0.624. The fourth-order valence-corrected chi connectivity index (χ4v) is 0.555. The maximum Gasteiger partial charge on any atom is 0.491 e. The summed E-state index contributed by atoms with van der Waals surface area (Å²) >= 11 is 0. The summed E-state index contributed by atoms with van der Waals surface area (Å²) in [5, 5.41) is 23.1. The summed E-state index contributed by atoms with van der Waals surface area (Å²) in [6.07, 6.45) is 0.931. The van der Waals surface area contributed by atoms with Crippen molar-refractivity contribution in [1.29, 1.82) is 0 Å². The summed E-state index contributed by atoms with van der Waals surface area (Å²) in [6, 6.07) is 0. The van der Waals surface area contributed by atoms with Crippen LogP contribution in [0.15, 0.2) is 6.33 Å². The third kappa shape index (κ3) is 1.71. The van der Waals surface area contributed by atoms with Crippen LogP contribution in [0.4, 0.5) is 5.95 Å². The highest BCUT2D eigenvalue weighted by Crippen LogP contribution is 1.98. The van der Waals surface area contributed by atoms with Gasteiger partial charge in [0.05, 0.1) is 0 Å². The van der Waals surface area contributed by atoms with Crippen molar-refractivity contribution in [3.05, 3.63) is 26.6 Å². The Morgan fingerprint density at radius 3 is 2.58 bits per heavy atom. The molecule has 0 N–H and O–H groups in total. The van der Waals surface area contributed by atoms with Gasteiger partial charge in [-0.3, -0.25) is 10.1 Å². The molecule has 0 radical (unpaired) electrons. The van der Waals surface area contributed by atoms with E-state index in [1.165, 1.54) is 0 Å². The number of rotatable bonds is 3.